The molecule has 12 nitrogen and oxygen atoms in total. The van der Waals surface area contributed by atoms with Crippen molar-refractivity contribution >= 4 is 45.9 Å². The minimum Gasteiger partial charge on any atom is -0.487 e. The number of aromatic nitrogens is 4. The third-order valence-corrected chi connectivity index (χ3v) is 5.85. The zero-order valence-corrected chi connectivity index (χ0v) is 21.9. The van der Waals surface area contributed by atoms with Gasteiger partial charge in [0.15, 0.2) is 23.0 Å². The topological polar surface area (TPSA) is 145 Å². The summed E-state index contributed by atoms with van der Waals surface area (Å²) in [6, 6.07) is 11.3. The van der Waals surface area contributed by atoms with Gasteiger partial charge in [-0.05, 0) is 36.8 Å². The van der Waals surface area contributed by atoms with Crippen LogP contribution in [0.5, 0.6) is 11.5 Å². The summed E-state index contributed by atoms with van der Waals surface area (Å²) in [6.07, 6.45) is 1.93. The number of H-pyrrole nitrogens is 1. The molecule has 1 aliphatic rings. The average molecular weight is 534 g/mol. The molecule has 4 aromatic rings. The fourth-order valence-electron chi connectivity index (χ4n) is 3.91. The van der Waals surface area contributed by atoms with Crippen molar-refractivity contribution in [3.05, 3.63) is 48.3 Å². The fourth-order valence-corrected chi connectivity index (χ4v) is 3.91. The van der Waals surface area contributed by atoms with E-state index in [0.29, 0.717) is 97.6 Å². The maximum absolute atomic E-state index is 12.1. The number of amides is 1. The molecule has 12 heteroatoms. The van der Waals surface area contributed by atoms with Gasteiger partial charge in [-0.15, -0.1) is 0 Å². The number of ether oxygens (including phenoxy) is 4. The van der Waals surface area contributed by atoms with Gasteiger partial charge in [0.1, 0.15) is 18.7 Å². The Bertz CT molecular complexity index is 1440. The SMILES string of the molecule is CCC(=O)Nc1cc(C)ccc1Nc1nc(Nc2ccc3c(c2)OCCOCCOCCO3)nc2nc[nH]c12. The van der Waals surface area contributed by atoms with Gasteiger partial charge in [0.2, 0.25) is 11.9 Å². The van der Waals surface area contributed by atoms with Crippen LogP contribution in [0, 0.1) is 6.92 Å². The Morgan fingerprint density at radius 3 is 2.46 bits per heavy atom. The molecule has 204 valence electrons. The third kappa shape index (κ3) is 6.72. The van der Waals surface area contributed by atoms with E-state index in [4.69, 9.17) is 23.9 Å². The van der Waals surface area contributed by atoms with Crippen LogP contribution in [0.3, 0.4) is 0 Å². The highest BCUT2D eigenvalue weighted by molar-refractivity contribution is 5.96. The first-order valence-corrected chi connectivity index (χ1v) is 12.8. The van der Waals surface area contributed by atoms with Crippen LogP contribution in [0.2, 0.25) is 0 Å². The first-order chi connectivity index (χ1) is 19.1. The van der Waals surface area contributed by atoms with Gasteiger partial charge in [0.05, 0.1) is 44.1 Å². The fraction of sp³-hybridized carbons (Fsp3) is 0.333. The van der Waals surface area contributed by atoms with Crippen molar-refractivity contribution in [2.75, 3.05) is 55.6 Å². The number of nitrogens with zero attached hydrogens (tertiary/aromatic N) is 3. The minimum absolute atomic E-state index is 0.0814. The first kappa shape index (κ1) is 26.2. The second kappa shape index (κ2) is 12.4. The molecule has 0 aliphatic carbocycles. The van der Waals surface area contributed by atoms with E-state index in [2.05, 4.69) is 30.9 Å². The Labute approximate surface area is 225 Å². The lowest BCUT2D eigenvalue weighted by Crippen LogP contribution is -2.15. The van der Waals surface area contributed by atoms with Crippen LogP contribution in [0.15, 0.2) is 42.7 Å². The predicted octanol–water partition coefficient (Wildman–Crippen LogP) is 4.30. The number of anilines is 5. The third-order valence-electron chi connectivity index (χ3n) is 5.85. The number of imidazole rings is 1. The summed E-state index contributed by atoms with van der Waals surface area (Å²) in [5, 5.41) is 9.51. The number of aryl methyl sites for hydroxylation is 1. The van der Waals surface area contributed by atoms with Crippen molar-refractivity contribution in [1.82, 2.24) is 19.9 Å². The van der Waals surface area contributed by atoms with Gasteiger partial charge in [0, 0.05) is 18.2 Å². The van der Waals surface area contributed by atoms with Gasteiger partial charge in [-0.2, -0.15) is 9.97 Å². The summed E-state index contributed by atoms with van der Waals surface area (Å²) in [6.45, 7) is 6.48. The van der Waals surface area contributed by atoms with Gasteiger partial charge < -0.3 is 39.9 Å². The van der Waals surface area contributed by atoms with Crippen LogP contribution in [0.4, 0.5) is 28.8 Å². The lowest BCUT2D eigenvalue weighted by molar-refractivity contribution is -0.115. The number of fused-ring (bicyclic) bond motifs is 2. The minimum atomic E-state index is -0.0814. The van der Waals surface area contributed by atoms with Gasteiger partial charge >= 0.3 is 0 Å². The number of hydrogen-bond acceptors (Lipinski definition) is 10. The maximum atomic E-state index is 12.1. The molecule has 4 N–H and O–H groups in total. The number of carbonyl (C=O) groups is 1. The molecule has 3 heterocycles. The number of benzene rings is 2. The number of rotatable bonds is 6. The van der Waals surface area contributed by atoms with E-state index < -0.39 is 0 Å². The van der Waals surface area contributed by atoms with Crippen molar-refractivity contribution in [3.63, 3.8) is 0 Å². The Morgan fingerprint density at radius 2 is 1.67 bits per heavy atom. The summed E-state index contributed by atoms with van der Waals surface area (Å²) in [4.78, 5) is 28.8. The normalized spacial score (nSPS) is 14.2. The van der Waals surface area contributed by atoms with Crippen molar-refractivity contribution in [3.8, 4) is 11.5 Å². The van der Waals surface area contributed by atoms with Crippen LogP contribution >= 0.6 is 0 Å². The Balaban J connectivity index is 1.41. The van der Waals surface area contributed by atoms with E-state index in [1.165, 1.54) is 0 Å². The second-order valence-corrected chi connectivity index (χ2v) is 8.78. The Kier molecular flexibility index (Phi) is 8.34. The van der Waals surface area contributed by atoms with Crippen LogP contribution in [-0.2, 0) is 14.3 Å². The molecule has 2 aromatic carbocycles. The van der Waals surface area contributed by atoms with Crippen LogP contribution in [0.25, 0.3) is 11.2 Å². The maximum Gasteiger partial charge on any atom is 0.231 e. The van der Waals surface area contributed by atoms with Gasteiger partial charge in [0.25, 0.3) is 0 Å². The molecule has 0 atom stereocenters. The van der Waals surface area contributed by atoms with Crippen molar-refractivity contribution < 1.29 is 23.7 Å². The average Bonchev–Trinajstić information content (AvgIpc) is 3.40. The molecule has 0 bridgehead atoms. The van der Waals surface area contributed by atoms with Gasteiger partial charge in [-0.25, -0.2) is 4.98 Å². The van der Waals surface area contributed by atoms with Crippen molar-refractivity contribution in [2.24, 2.45) is 0 Å². The van der Waals surface area contributed by atoms with Gasteiger partial charge in [-0.3, -0.25) is 4.79 Å². The van der Waals surface area contributed by atoms with Crippen LogP contribution < -0.4 is 25.4 Å². The lowest BCUT2D eigenvalue weighted by atomic mass is 10.2. The van der Waals surface area contributed by atoms with E-state index in [1.807, 2.05) is 50.2 Å². The molecule has 39 heavy (non-hydrogen) atoms. The van der Waals surface area contributed by atoms with E-state index in [1.54, 1.807) is 6.33 Å². The van der Waals surface area contributed by atoms with E-state index >= 15 is 0 Å². The van der Waals surface area contributed by atoms with Crippen molar-refractivity contribution in [2.45, 2.75) is 20.3 Å². The Hall–Kier alpha value is -4.42. The zero-order valence-electron chi connectivity index (χ0n) is 21.9. The lowest BCUT2D eigenvalue weighted by Gasteiger charge is -2.17. The number of aromatic amines is 1. The first-order valence-electron chi connectivity index (χ1n) is 12.8. The Morgan fingerprint density at radius 1 is 0.897 bits per heavy atom. The van der Waals surface area contributed by atoms with Crippen LogP contribution in [-0.4, -0.2) is 65.5 Å². The monoisotopic (exact) mass is 533 g/mol. The molecule has 0 radical (unpaired) electrons. The second-order valence-electron chi connectivity index (χ2n) is 8.78. The molecule has 0 spiro atoms. The van der Waals surface area contributed by atoms with E-state index in [9.17, 15) is 4.79 Å². The largest absolute Gasteiger partial charge is 0.487 e. The molecular formula is C27H31N7O5. The summed E-state index contributed by atoms with van der Waals surface area (Å²) < 4.78 is 22.8. The molecule has 0 saturated heterocycles. The molecule has 1 amide bonds. The number of carbonyl (C=O) groups excluding carboxylic acids is 1. The zero-order chi connectivity index (χ0) is 27.0. The molecule has 1 aliphatic heterocycles. The van der Waals surface area contributed by atoms with E-state index in [0.717, 1.165) is 5.56 Å². The summed E-state index contributed by atoms with van der Waals surface area (Å²) in [5.41, 5.74) is 4.18. The highest BCUT2D eigenvalue weighted by Crippen LogP contribution is 2.33. The number of hydrogen-bond donors (Lipinski definition) is 4. The molecule has 5 rings (SSSR count). The quantitative estimate of drug-likeness (QED) is 0.283. The van der Waals surface area contributed by atoms with Crippen LogP contribution in [0.1, 0.15) is 18.9 Å². The molecular weight excluding hydrogens is 502 g/mol. The summed E-state index contributed by atoms with van der Waals surface area (Å²) >= 11 is 0. The summed E-state index contributed by atoms with van der Waals surface area (Å²) in [5.74, 6) is 1.92. The summed E-state index contributed by atoms with van der Waals surface area (Å²) in [7, 11) is 0. The van der Waals surface area contributed by atoms with E-state index in [-0.39, 0.29) is 5.91 Å². The number of nitrogens with one attached hydrogen (secondary N) is 4. The molecule has 2 aromatic heterocycles. The molecule has 0 fully saturated rings. The van der Waals surface area contributed by atoms with Crippen molar-refractivity contribution in [1.29, 1.82) is 0 Å². The molecule has 0 saturated carbocycles. The van der Waals surface area contributed by atoms with Gasteiger partial charge in [-0.1, -0.05) is 13.0 Å². The smallest absolute Gasteiger partial charge is 0.231 e. The highest BCUT2D eigenvalue weighted by Gasteiger charge is 2.15. The molecule has 0 unspecified atom stereocenters. The highest BCUT2D eigenvalue weighted by atomic mass is 16.6. The predicted molar refractivity (Wildman–Crippen MR) is 147 cm³/mol. The standard InChI is InChI=1S/C27H31N7O5/c1-3-23(35)31-20-14-17(2)4-6-19(20)32-26-24-25(29-16-28-24)33-27(34-26)30-18-5-7-21-22(15-18)39-13-11-37-9-8-36-10-12-38-21/h4-7,14-16H,3,8-13H2,1-2H3,(H,31,35)(H3,28,29,30,32,33,34).